The number of hydrogen-bond acceptors (Lipinski definition) is 2. The van der Waals surface area contributed by atoms with Gasteiger partial charge in [0, 0.05) is 5.56 Å². The van der Waals surface area contributed by atoms with Crippen molar-refractivity contribution in [2.45, 2.75) is 13.8 Å². The summed E-state index contributed by atoms with van der Waals surface area (Å²) in [7, 11) is 1.59. The number of carbonyl (C=O) groups is 1. The summed E-state index contributed by atoms with van der Waals surface area (Å²) in [5.74, 6) is 5.83. The Morgan fingerprint density at radius 3 is 2.39 bits per heavy atom. The molecule has 0 radical (unpaired) electrons. The van der Waals surface area contributed by atoms with Gasteiger partial charge in [0.1, 0.15) is 5.75 Å². The van der Waals surface area contributed by atoms with Gasteiger partial charge in [0.25, 0.3) is 0 Å². The predicted octanol–water partition coefficient (Wildman–Crippen LogP) is 3.40. The molecule has 2 nitrogen and oxygen atoms in total. The van der Waals surface area contributed by atoms with Crippen molar-refractivity contribution in [3.63, 3.8) is 0 Å². The van der Waals surface area contributed by atoms with Crippen molar-refractivity contribution in [1.82, 2.24) is 0 Å². The number of ether oxygens (including phenoxy) is 1. The molecule has 0 N–H and O–H groups in total. The van der Waals surface area contributed by atoms with Gasteiger partial charge in [-0.05, 0) is 55.7 Å². The quantitative estimate of drug-likeness (QED) is 0.350. The Kier molecular flexibility index (Phi) is 4.95. The van der Waals surface area contributed by atoms with Crippen molar-refractivity contribution in [3.05, 3.63) is 53.6 Å². The van der Waals surface area contributed by atoms with Crippen LogP contribution in [0.25, 0.3) is 0 Å². The number of rotatable bonds is 3. The average Bonchev–Trinajstić information content (AvgIpc) is 2.38. The number of benzene rings is 1. The van der Waals surface area contributed by atoms with Crippen LogP contribution in [0.2, 0.25) is 0 Å². The first-order valence-electron chi connectivity index (χ1n) is 5.57. The third-order valence-corrected chi connectivity index (χ3v) is 2.50. The number of methoxy groups -OCH3 is 1. The van der Waals surface area contributed by atoms with Crippen LogP contribution in [-0.4, -0.2) is 12.9 Å². The number of hydrogen-bond donors (Lipinski definition) is 0. The van der Waals surface area contributed by atoms with Gasteiger partial charge in [-0.25, -0.2) is 0 Å². The van der Waals surface area contributed by atoms with E-state index in [1.54, 1.807) is 37.5 Å². The lowest BCUT2D eigenvalue weighted by Gasteiger charge is -1.98. The van der Waals surface area contributed by atoms with Crippen LogP contribution in [0.15, 0.2) is 48.1 Å². The van der Waals surface area contributed by atoms with Crippen LogP contribution in [0.1, 0.15) is 24.2 Å². The second-order valence-corrected chi connectivity index (χ2v) is 3.93. The second-order valence-electron chi connectivity index (χ2n) is 3.93. The maximum Gasteiger partial charge on any atom is 0.236 e. The first-order chi connectivity index (χ1) is 8.54. The Balaban J connectivity index is 2.80. The lowest BCUT2D eigenvalue weighted by atomic mass is 10.1. The smallest absolute Gasteiger partial charge is 0.236 e. The molecule has 0 unspecified atom stereocenters. The lowest BCUT2D eigenvalue weighted by molar-refractivity contribution is 0.105. The molecule has 0 bridgehead atoms. The van der Waals surface area contributed by atoms with Crippen LogP contribution in [0, 0.1) is 11.8 Å². The fourth-order valence-electron chi connectivity index (χ4n) is 1.15. The number of ketones is 1. The van der Waals surface area contributed by atoms with E-state index >= 15 is 0 Å². The van der Waals surface area contributed by atoms with Crippen LogP contribution in [0.5, 0.6) is 5.75 Å². The zero-order valence-corrected chi connectivity index (χ0v) is 10.9. The maximum absolute atomic E-state index is 11.7. The van der Waals surface area contributed by atoms with Crippen molar-refractivity contribution in [1.29, 1.82) is 0 Å². The third-order valence-electron chi connectivity index (χ3n) is 2.50. The monoisotopic (exact) mass is 240 g/mol. The fourth-order valence-corrected chi connectivity index (χ4v) is 1.15. The van der Waals surface area contributed by atoms with E-state index < -0.39 is 0 Å². The van der Waals surface area contributed by atoms with E-state index in [1.807, 2.05) is 13.8 Å². The largest absolute Gasteiger partial charge is 0.497 e. The first kappa shape index (κ1) is 13.8. The number of carbonyl (C=O) groups excluding carboxylic acids is 1. The van der Waals surface area contributed by atoms with Crippen LogP contribution >= 0.6 is 0 Å². The van der Waals surface area contributed by atoms with E-state index in [2.05, 4.69) is 18.4 Å². The van der Waals surface area contributed by atoms with Crippen LogP contribution in [0.4, 0.5) is 0 Å². The van der Waals surface area contributed by atoms with Gasteiger partial charge in [-0.3, -0.25) is 4.79 Å². The van der Waals surface area contributed by atoms with E-state index in [9.17, 15) is 4.79 Å². The molecule has 0 spiro atoms. The minimum atomic E-state index is -0.205. The summed E-state index contributed by atoms with van der Waals surface area (Å²) in [6.45, 7) is 7.61. The van der Waals surface area contributed by atoms with Gasteiger partial charge < -0.3 is 4.74 Å². The Labute approximate surface area is 108 Å². The number of Topliss-reactive ketones (excluding diaryl/α,β-unsaturated/α-hetero) is 1. The molecule has 0 amide bonds. The molecule has 1 rings (SSSR count). The summed E-state index contributed by atoms with van der Waals surface area (Å²) in [6, 6.07) is 6.88. The Hall–Kier alpha value is -2.27. The van der Waals surface area contributed by atoms with E-state index in [1.165, 1.54) is 0 Å². The summed E-state index contributed by atoms with van der Waals surface area (Å²) in [6.07, 6.45) is 1.70. The van der Waals surface area contributed by atoms with Crippen molar-refractivity contribution >= 4 is 5.78 Å². The molecular formula is C16H16O2. The topological polar surface area (TPSA) is 26.3 Å². The molecule has 0 aliphatic rings. The molecule has 92 valence electrons. The van der Waals surface area contributed by atoms with Gasteiger partial charge >= 0.3 is 0 Å². The lowest BCUT2D eigenvalue weighted by Crippen LogP contribution is -1.94. The predicted molar refractivity (Wildman–Crippen MR) is 73.7 cm³/mol. The normalized spacial score (nSPS) is 10.3. The maximum atomic E-state index is 11.7. The Bertz CT molecular complexity index is 537. The van der Waals surface area contributed by atoms with E-state index in [4.69, 9.17) is 4.74 Å². The molecular weight excluding hydrogens is 224 g/mol. The Morgan fingerprint density at radius 2 is 1.89 bits per heavy atom. The molecule has 0 atom stereocenters. The van der Waals surface area contributed by atoms with Crippen molar-refractivity contribution < 1.29 is 9.53 Å². The summed E-state index contributed by atoms with van der Waals surface area (Å²) in [4.78, 5) is 11.7. The fraction of sp³-hybridized carbons (Fsp3) is 0.188. The van der Waals surface area contributed by atoms with Crippen LogP contribution in [0.3, 0.4) is 0 Å². The molecule has 18 heavy (non-hydrogen) atoms. The molecule has 0 aliphatic heterocycles. The van der Waals surface area contributed by atoms with Crippen molar-refractivity contribution in [2.24, 2.45) is 0 Å². The Morgan fingerprint density at radius 1 is 1.28 bits per heavy atom. The van der Waals surface area contributed by atoms with E-state index in [0.29, 0.717) is 5.56 Å². The molecule has 0 saturated heterocycles. The van der Waals surface area contributed by atoms with E-state index in [-0.39, 0.29) is 5.78 Å². The van der Waals surface area contributed by atoms with Crippen molar-refractivity contribution in [2.75, 3.05) is 7.11 Å². The minimum Gasteiger partial charge on any atom is -0.497 e. The van der Waals surface area contributed by atoms with Gasteiger partial charge in [-0.1, -0.05) is 18.1 Å². The highest BCUT2D eigenvalue weighted by Gasteiger charge is 2.01. The zero-order valence-electron chi connectivity index (χ0n) is 10.9. The minimum absolute atomic E-state index is 0.205. The van der Waals surface area contributed by atoms with Gasteiger partial charge in [-0.15, -0.1) is 0 Å². The third kappa shape index (κ3) is 3.95. The average molecular weight is 240 g/mol. The van der Waals surface area contributed by atoms with Crippen LogP contribution in [-0.2, 0) is 0 Å². The van der Waals surface area contributed by atoms with Gasteiger partial charge in [-0.2, -0.15) is 0 Å². The van der Waals surface area contributed by atoms with Crippen molar-refractivity contribution in [3.8, 4) is 17.6 Å². The highest BCUT2D eigenvalue weighted by atomic mass is 16.5. The molecule has 1 aromatic rings. The molecule has 1 aromatic carbocycles. The highest BCUT2D eigenvalue weighted by Crippen LogP contribution is 2.11. The number of allylic oxidation sites excluding steroid dienone is 3. The second kappa shape index (κ2) is 6.46. The van der Waals surface area contributed by atoms with Gasteiger partial charge in [0.05, 0.1) is 7.11 Å². The molecule has 0 heterocycles. The van der Waals surface area contributed by atoms with Crippen LogP contribution < -0.4 is 4.74 Å². The summed E-state index contributed by atoms with van der Waals surface area (Å²) in [5, 5.41) is 0. The zero-order chi connectivity index (χ0) is 13.5. The van der Waals surface area contributed by atoms with Gasteiger partial charge in [0.15, 0.2) is 0 Å². The standard InChI is InChI=1S/C16H16O2/c1-12(2)13(3)6-5-7-16(17)14-8-10-15(18-4)11-9-14/h6,8-11H,1H2,2-4H3/b13-6-. The highest BCUT2D eigenvalue weighted by molar-refractivity contribution is 6.09. The molecule has 0 saturated carbocycles. The molecule has 0 aromatic heterocycles. The molecule has 2 heteroatoms. The SMILES string of the molecule is C=C(C)/C(C)=C\C#CC(=O)c1ccc(OC)cc1. The van der Waals surface area contributed by atoms with Gasteiger partial charge in [0.2, 0.25) is 5.78 Å². The molecule has 0 aliphatic carbocycles. The summed E-state index contributed by atoms with van der Waals surface area (Å²) < 4.78 is 5.02. The molecule has 0 fully saturated rings. The summed E-state index contributed by atoms with van der Waals surface area (Å²) >= 11 is 0. The summed E-state index contributed by atoms with van der Waals surface area (Å²) in [5.41, 5.74) is 2.48. The first-order valence-corrected chi connectivity index (χ1v) is 5.57. The van der Waals surface area contributed by atoms with E-state index in [0.717, 1.165) is 16.9 Å².